The van der Waals surface area contributed by atoms with Crippen molar-refractivity contribution < 1.29 is 0 Å². The standard InChI is InChI=1S/C11H13ClN2/c1-8(2)7-10-13-11(12)9-5-3-4-6-14(9)10/h3-6,8H,7H2,1-2H3. The molecule has 2 heterocycles. The summed E-state index contributed by atoms with van der Waals surface area (Å²) in [4.78, 5) is 4.36. The van der Waals surface area contributed by atoms with Crippen molar-refractivity contribution in [2.45, 2.75) is 20.3 Å². The van der Waals surface area contributed by atoms with Crippen molar-refractivity contribution in [2.75, 3.05) is 0 Å². The van der Waals surface area contributed by atoms with Gasteiger partial charge in [0.15, 0.2) is 5.15 Å². The highest BCUT2D eigenvalue weighted by atomic mass is 35.5. The molecule has 0 aliphatic rings. The Labute approximate surface area is 88.5 Å². The molecular formula is C11H13ClN2. The Balaban J connectivity index is 2.55. The van der Waals surface area contributed by atoms with Gasteiger partial charge in [-0.05, 0) is 18.1 Å². The maximum atomic E-state index is 6.03. The molecule has 74 valence electrons. The summed E-state index contributed by atoms with van der Waals surface area (Å²) in [6.45, 7) is 4.36. The number of rotatable bonds is 2. The number of fused-ring (bicyclic) bond motifs is 1. The lowest BCUT2D eigenvalue weighted by molar-refractivity contribution is 0.619. The third-order valence-electron chi connectivity index (χ3n) is 2.17. The van der Waals surface area contributed by atoms with Crippen molar-refractivity contribution in [3.05, 3.63) is 35.4 Å². The molecule has 0 spiro atoms. The van der Waals surface area contributed by atoms with Gasteiger partial charge in [0.05, 0.1) is 5.52 Å². The monoisotopic (exact) mass is 208 g/mol. The third-order valence-corrected chi connectivity index (χ3v) is 2.45. The van der Waals surface area contributed by atoms with Crippen molar-refractivity contribution in [3.63, 3.8) is 0 Å². The Morgan fingerprint density at radius 3 is 2.93 bits per heavy atom. The number of hydrogen-bond donors (Lipinski definition) is 0. The fourth-order valence-corrected chi connectivity index (χ4v) is 1.82. The Bertz CT molecular complexity index is 445. The van der Waals surface area contributed by atoms with Crippen LogP contribution in [0.3, 0.4) is 0 Å². The van der Waals surface area contributed by atoms with E-state index in [0.29, 0.717) is 11.1 Å². The van der Waals surface area contributed by atoms with Crippen LogP contribution in [-0.2, 0) is 6.42 Å². The van der Waals surface area contributed by atoms with Gasteiger partial charge in [-0.15, -0.1) is 0 Å². The van der Waals surface area contributed by atoms with Crippen molar-refractivity contribution in [1.29, 1.82) is 0 Å². The van der Waals surface area contributed by atoms with E-state index in [-0.39, 0.29) is 0 Å². The molecule has 0 N–H and O–H groups in total. The summed E-state index contributed by atoms with van der Waals surface area (Å²) >= 11 is 6.03. The Hall–Kier alpha value is -1.02. The van der Waals surface area contributed by atoms with Crippen LogP contribution in [0.4, 0.5) is 0 Å². The molecule has 0 amide bonds. The summed E-state index contributed by atoms with van der Waals surface area (Å²) in [5, 5.41) is 0.598. The largest absolute Gasteiger partial charge is 0.302 e. The van der Waals surface area contributed by atoms with E-state index >= 15 is 0 Å². The topological polar surface area (TPSA) is 17.3 Å². The molecular weight excluding hydrogens is 196 g/mol. The summed E-state index contributed by atoms with van der Waals surface area (Å²) in [5.74, 6) is 1.64. The molecule has 0 saturated heterocycles. The Morgan fingerprint density at radius 1 is 1.43 bits per heavy atom. The number of halogens is 1. The van der Waals surface area contributed by atoms with Crippen LogP contribution < -0.4 is 0 Å². The summed E-state index contributed by atoms with van der Waals surface area (Å²) in [6, 6.07) is 5.95. The first-order valence-electron chi connectivity index (χ1n) is 4.80. The van der Waals surface area contributed by atoms with Gasteiger partial charge in [0.1, 0.15) is 5.82 Å². The Morgan fingerprint density at radius 2 is 2.21 bits per heavy atom. The van der Waals surface area contributed by atoms with Gasteiger partial charge in [-0.2, -0.15) is 0 Å². The molecule has 0 bridgehead atoms. The van der Waals surface area contributed by atoms with Gasteiger partial charge in [-0.1, -0.05) is 31.5 Å². The highest BCUT2D eigenvalue weighted by Gasteiger charge is 2.09. The second-order valence-electron chi connectivity index (χ2n) is 3.87. The van der Waals surface area contributed by atoms with Gasteiger partial charge in [0.2, 0.25) is 0 Å². The van der Waals surface area contributed by atoms with E-state index in [4.69, 9.17) is 11.6 Å². The molecule has 0 radical (unpaired) electrons. The van der Waals surface area contributed by atoms with Crippen LogP contribution in [0.15, 0.2) is 24.4 Å². The van der Waals surface area contributed by atoms with Crippen LogP contribution in [0.5, 0.6) is 0 Å². The molecule has 2 aromatic rings. The second-order valence-corrected chi connectivity index (χ2v) is 4.23. The maximum Gasteiger partial charge on any atom is 0.155 e. The molecule has 14 heavy (non-hydrogen) atoms. The average Bonchev–Trinajstić information content (AvgIpc) is 2.44. The molecule has 0 aliphatic heterocycles. The van der Waals surface area contributed by atoms with Crippen LogP contribution in [-0.4, -0.2) is 9.38 Å². The highest BCUT2D eigenvalue weighted by Crippen LogP contribution is 2.19. The molecule has 0 saturated carbocycles. The van der Waals surface area contributed by atoms with Crippen LogP contribution >= 0.6 is 11.6 Å². The first-order chi connectivity index (χ1) is 6.68. The zero-order chi connectivity index (χ0) is 10.1. The van der Waals surface area contributed by atoms with Crippen LogP contribution in [0.1, 0.15) is 19.7 Å². The van der Waals surface area contributed by atoms with Crippen molar-refractivity contribution in [1.82, 2.24) is 9.38 Å². The average molecular weight is 209 g/mol. The number of hydrogen-bond acceptors (Lipinski definition) is 1. The lowest BCUT2D eigenvalue weighted by Gasteiger charge is -2.02. The molecule has 0 unspecified atom stereocenters. The van der Waals surface area contributed by atoms with Gasteiger partial charge in [0.25, 0.3) is 0 Å². The molecule has 0 atom stereocenters. The molecule has 0 aliphatic carbocycles. The Kier molecular flexibility index (Phi) is 2.46. The predicted octanol–water partition coefficient (Wildman–Crippen LogP) is 3.19. The number of nitrogens with zero attached hydrogens (tertiary/aromatic N) is 2. The normalized spacial score (nSPS) is 11.4. The van der Waals surface area contributed by atoms with E-state index in [0.717, 1.165) is 17.8 Å². The summed E-state index contributed by atoms with van der Waals surface area (Å²) in [7, 11) is 0. The van der Waals surface area contributed by atoms with Gasteiger partial charge in [-0.3, -0.25) is 0 Å². The number of aromatic nitrogens is 2. The predicted molar refractivity (Wildman–Crippen MR) is 58.7 cm³/mol. The molecule has 0 fully saturated rings. The molecule has 3 heteroatoms. The third kappa shape index (κ3) is 1.62. The first-order valence-corrected chi connectivity index (χ1v) is 5.17. The SMILES string of the molecule is CC(C)Cc1nc(Cl)c2ccccn12. The van der Waals surface area contributed by atoms with Crippen LogP contribution in [0, 0.1) is 5.92 Å². The van der Waals surface area contributed by atoms with E-state index < -0.39 is 0 Å². The molecule has 2 nitrogen and oxygen atoms in total. The lowest BCUT2D eigenvalue weighted by atomic mass is 10.1. The minimum Gasteiger partial charge on any atom is -0.302 e. The van der Waals surface area contributed by atoms with E-state index in [1.54, 1.807) is 0 Å². The summed E-state index contributed by atoms with van der Waals surface area (Å²) in [5.41, 5.74) is 0.991. The van der Waals surface area contributed by atoms with Crippen LogP contribution in [0.25, 0.3) is 5.52 Å². The van der Waals surface area contributed by atoms with E-state index in [1.165, 1.54) is 0 Å². The number of pyridine rings is 1. The van der Waals surface area contributed by atoms with Gasteiger partial charge >= 0.3 is 0 Å². The van der Waals surface area contributed by atoms with Crippen molar-refractivity contribution in [2.24, 2.45) is 5.92 Å². The van der Waals surface area contributed by atoms with Gasteiger partial charge in [0, 0.05) is 12.6 Å². The zero-order valence-corrected chi connectivity index (χ0v) is 9.12. The van der Waals surface area contributed by atoms with E-state index in [1.807, 2.05) is 24.4 Å². The number of imidazole rings is 1. The zero-order valence-electron chi connectivity index (χ0n) is 8.37. The van der Waals surface area contributed by atoms with Crippen LogP contribution in [0.2, 0.25) is 5.15 Å². The molecule has 2 rings (SSSR count). The fourth-order valence-electron chi connectivity index (χ4n) is 1.57. The van der Waals surface area contributed by atoms with E-state index in [9.17, 15) is 0 Å². The minimum absolute atomic E-state index is 0.594. The quantitative estimate of drug-likeness (QED) is 0.741. The highest BCUT2D eigenvalue weighted by molar-refractivity contribution is 6.32. The van der Waals surface area contributed by atoms with Gasteiger partial charge in [-0.25, -0.2) is 4.98 Å². The molecule has 0 aromatic carbocycles. The maximum absolute atomic E-state index is 6.03. The lowest BCUT2D eigenvalue weighted by Crippen LogP contribution is -1.99. The summed E-state index contributed by atoms with van der Waals surface area (Å²) < 4.78 is 2.06. The second kappa shape index (κ2) is 3.62. The van der Waals surface area contributed by atoms with Crippen molar-refractivity contribution >= 4 is 17.1 Å². The first kappa shape index (κ1) is 9.53. The minimum atomic E-state index is 0.594. The van der Waals surface area contributed by atoms with Gasteiger partial charge < -0.3 is 4.40 Å². The summed E-state index contributed by atoms with van der Waals surface area (Å²) in [6.07, 6.45) is 2.96. The smallest absolute Gasteiger partial charge is 0.155 e. The fraction of sp³-hybridized carbons (Fsp3) is 0.364. The van der Waals surface area contributed by atoms with E-state index in [2.05, 4.69) is 23.2 Å². The van der Waals surface area contributed by atoms with Crippen molar-refractivity contribution in [3.8, 4) is 0 Å². The molecule has 2 aromatic heterocycles.